The zero-order valence-corrected chi connectivity index (χ0v) is 9.60. The number of aromatic nitrogens is 2. The van der Waals surface area contributed by atoms with Crippen LogP contribution in [0.3, 0.4) is 0 Å². The third-order valence-electron chi connectivity index (χ3n) is 2.91. The molecule has 1 aromatic heterocycles. The van der Waals surface area contributed by atoms with Crippen LogP contribution >= 0.6 is 0 Å². The zero-order valence-electron chi connectivity index (χ0n) is 9.60. The largest absolute Gasteiger partial charge is 0.487 e. The molecule has 0 aromatic carbocycles. The van der Waals surface area contributed by atoms with Crippen LogP contribution in [-0.4, -0.2) is 29.0 Å². The van der Waals surface area contributed by atoms with Gasteiger partial charge in [0.1, 0.15) is 6.10 Å². The molecule has 0 saturated heterocycles. The van der Waals surface area contributed by atoms with E-state index in [9.17, 15) is 0 Å². The van der Waals surface area contributed by atoms with Crippen LogP contribution < -0.4 is 10.1 Å². The summed E-state index contributed by atoms with van der Waals surface area (Å²) in [4.78, 5) is 0. The van der Waals surface area contributed by atoms with E-state index in [1.54, 1.807) is 6.20 Å². The lowest BCUT2D eigenvalue weighted by atomic mass is 9.89. The fraction of sp³-hybridized carbons (Fsp3) is 0.727. The van der Waals surface area contributed by atoms with Crippen molar-refractivity contribution in [3.63, 3.8) is 0 Å². The molecule has 1 N–H and O–H groups in total. The number of rotatable bonds is 4. The highest BCUT2D eigenvalue weighted by Crippen LogP contribution is 2.25. The van der Waals surface area contributed by atoms with Crippen molar-refractivity contribution in [2.75, 3.05) is 7.05 Å². The third-order valence-corrected chi connectivity index (χ3v) is 2.91. The van der Waals surface area contributed by atoms with E-state index in [0.29, 0.717) is 18.2 Å². The van der Waals surface area contributed by atoms with Gasteiger partial charge in [0.05, 0.1) is 12.4 Å². The highest BCUT2D eigenvalue weighted by molar-refractivity contribution is 5.13. The van der Waals surface area contributed by atoms with E-state index in [4.69, 9.17) is 4.74 Å². The van der Waals surface area contributed by atoms with Gasteiger partial charge in [-0.3, -0.25) is 4.68 Å². The van der Waals surface area contributed by atoms with Crippen molar-refractivity contribution in [2.24, 2.45) is 0 Å². The van der Waals surface area contributed by atoms with Crippen molar-refractivity contribution in [1.29, 1.82) is 0 Å². The van der Waals surface area contributed by atoms with E-state index < -0.39 is 0 Å². The van der Waals surface area contributed by atoms with Gasteiger partial charge in [-0.2, -0.15) is 5.10 Å². The lowest BCUT2D eigenvalue weighted by Gasteiger charge is -2.34. The molecule has 15 heavy (non-hydrogen) atoms. The van der Waals surface area contributed by atoms with Crippen molar-refractivity contribution in [3.8, 4) is 5.75 Å². The summed E-state index contributed by atoms with van der Waals surface area (Å²) in [6.07, 6.45) is 6.34. The van der Waals surface area contributed by atoms with E-state index in [-0.39, 0.29) is 0 Å². The van der Waals surface area contributed by atoms with Crippen LogP contribution in [-0.2, 0) is 0 Å². The van der Waals surface area contributed by atoms with Crippen LogP contribution in [0.15, 0.2) is 12.4 Å². The molecule has 2 rings (SSSR count). The Hall–Kier alpha value is -1.03. The second-order valence-electron chi connectivity index (χ2n) is 4.45. The van der Waals surface area contributed by atoms with Crippen molar-refractivity contribution in [2.45, 2.75) is 44.9 Å². The number of nitrogens with zero attached hydrogens (tertiary/aromatic N) is 2. The molecule has 1 aliphatic rings. The van der Waals surface area contributed by atoms with E-state index >= 15 is 0 Å². The zero-order chi connectivity index (χ0) is 10.8. The molecule has 84 valence electrons. The third kappa shape index (κ3) is 2.31. The van der Waals surface area contributed by atoms with Gasteiger partial charge in [0.2, 0.25) is 0 Å². The Balaban J connectivity index is 1.84. The Morgan fingerprint density at radius 1 is 1.53 bits per heavy atom. The van der Waals surface area contributed by atoms with Gasteiger partial charge in [-0.15, -0.1) is 0 Å². The maximum absolute atomic E-state index is 5.79. The summed E-state index contributed by atoms with van der Waals surface area (Å²) < 4.78 is 7.71. The van der Waals surface area contributed by atoms with Crippen molar-refractivity contribution in [1.82, 2.24) is 15.1 Å². The normalized spacial score (nSPS) is 25.3. The predicted molar refractivity (Wildman–Crippen MR) is 59.1 cm³/mol. The van der Waals surface area contributed by atoms with E-state index in [1.165, 1.54) is 0 Å². The highest BCUT2D eigenvalue weighted by atomic mass is 16.5. The van der Waals surface area contributed by atoms with Gasteiger partial charge in [-0.25, -0.2) is 0 Å². The standard InChI is InChI=1S/C11H19N3O/c1-8(2)14-7-11(6-13-14)15-10-4-9(5-10)12-3/h6-10,12H,4-5H2,1-3H3. The van der Waals surface area contributed by atoms with Gasteiger partial charge in [0, 0.05) is 12.1 Å². The monoisotopic (exact) mass is 209 g/mol. The Morgan fingerprint density at radius 3 is 2.80 bits per heavy atom. The van der Waals surface area contributed by atoms with Crippen LogP contribution in [0.5, 0.6) is 5.75 Å². The number of hydrogen-bond donors (Lipinski definition) is 1. The molecule has 1 saturated carbocycles. The first-order valence-corrected chi connectivity index (χ1v) is 5.57. The molecule has 1 fully saturated rings. The van der Waals surface area contributed by atoms with Crippen molar-refractivity contribution >= 4 is 0 Å². The van der Waals surface area contributed by atoms with Crippen molar-refractivity contribution < 1.29 is 4.74 Å². The first kappa shape index (κ1) is 10.5. The fourth-order valence-electron chi connectivity index (χ4n) is 1.75. The number of nitrogens with one attached hydrogen (secondary N) is 1. The molecule has 0 atom stereocenters. The molecule has 0 aliphatic heterocycles. The summed E-state index contributed by atoms with van der Waals surface area (Å²) in [6.45, 7) is 4.22. The summed E-state index contributed by atoms with van der Waals surface area (Å²) in [5, 5.41) is 7.48. The van der Waals surface area contributed by atoms with Gasteiger partial charge in [-0.05, 0) is 33.7 Å². The molecular weight excluding hydrogens is 190 g/mol. The molecular formula is C11H19N3O. The highest BCUT2D eigenvalue weighted by Gasteiger charge is 2.29. The first-order valence-electron chi connectivity index (χ1n) is 5.57. The van der Waals surface area contributed by atoms with Gasteiger partial charge < -0.3 is 10.1 Å². The van der Waals surface area contributed by atoms with Gasteiger partial charge >= 0.3 is 0 Å². The maximum Gasteiger partial charge on any atom is 0.157 e. The summed E-state index contributed by atoms with van der Waals surface area (Å²) in [7, 11) is 2.00. The van der Waals surface area contributed by atoms with Crippen LogP contribution in [0.1, 0.15) is 32.7 Å². The van der Waals surface area contributed by atoms with Crippen molar-refractivity contribution in [3.05, 3.63) is 12.4 Å². The van der Waals surface area contributed by atoms with E-state index in [0.717, 1.165) is 18.6 Å². The topological polar surface area (TPSA) is 39.1 Å². The molecule has 0 spiro atoms. The first-order chi connectivity index (χ1) is 7.19. The summed E-state index contributed by atoms with van der Waals surface area (Å²) in [6, 6.07) is 1.03. The van der Waals surface area contributed by atoms with Gasteiger partial charge in [-0.1, -0.05) is 0 Å². The summed E-state index contributed by atoms with van der Waals surface area (Å²) in [5.74, 6) is 0.892. The second kappa shape index (κ2) is 4.23. The molecule has 0 radical (unpaired) electrons. The second-order valence-corrected chi connectivity index (χ2v) is 4.45. The molecule has 4 heteroatoms. The predicted octanol–water partition coefficient (Wildman–Crippen LogP) is 1.59. The van der Waals surface area contributed by atoms with E-state index in [2.05, 4.69) is 24.3 Å². The summed E-state index contributed by atoms with van der Waals surface area (Å²) >= 11 is 0. The molecule has 0 amide bonds. The summed E-state index contributed by atoms with van der Waals surface area (Å²) in [5.41, 5.74) is 0. The SMILES string of the molecule is CNC1CC(Oc2cnn(C(C)C)c2)C1. The molecule has 0 bridgehead atoms. The van der Waals surface area contributed by atoms with Crippen LogP contribution in [0.4, 0.5) is 0 Å². The Morgan fingerprint density at radius 2 is 2.27 bits per heavy atom. The number of hydrogen-bond acceptors (Lipinski definition) is 3. The lowest BCUT2D eigenvalue weighted by Crippen LogP contribution is -2.45. The smallest absolute Gasteiger partial charge is 0.157 e. The average Bonchev–Trinajstić information content (AvgIpc) is 2.58. The molecule has 1 heterocycles. The van der Waals surface area contributed by atoms with Gasteiger partial charge in [0.25, 0.3) is 0 Å². The molecule has 1 aromatic rings. The Kier molecular flexibility index (Phi) is 2.95. The maximum atomic E-state index is 5.79. The van der Waals surface area contributed by atoms with Gasteiger partial charge in [0.15, 0.2) is 5.75 Å². The van der Waals surface area contributed by atoms with E-state index in [1.807, 2.05) is 17.9 Å². The minimum absolute atomic E-state index is 0.368. The molecule has 1 aliphatic carbocycles. The minimum Gasteiger partial charge on any atom is -0.487 e. The lowest BCUT2D eigenvalue weighted by molar-refractivity contribution is 0.0883. The molecule has 4 nitrogen and oxygen atoms in total. The van der Waals surface area contributed by atoms with Crippen LogP contribution in [0.2, 0.25) is 0 Å². The fourth-order valence-corrected chi connectivity index (χ4v) is 1.75. The Labute approximate surface area is 90.6 Å². The Bertz CT molecular complexity index is 315. The molecule has 0 unspecified atom stereocenters. The minimum atomic E-state index is 0.368. The quantitative estimate of drug-likeness (QED) is 0.818. The van der Waals surface area contributed by atoms with Crippen LogP contribution in [0, 0.1) is 0 Å². The van der Waals surface area contributed by atoms with Crippen LogP contribution in [0.25, 0.3) is 0 Å². The number of ether oxygens (including phenoxy) is 1. The average molecular weight is 209 g/mol.